The maximum atomic E-state index is 13.0. The molecule has 1 amide bonds. The van der Waals surface area contributed by atoms with Crippen LogP contribution >= 0.6 is 11.6 Å². The van der Waals surface area contributed by atoms with Gasteiger partial charge in [0, 0.05) is 18.4 Å². The molecule has 0 aliphatic rings. The van der Waals surface area contributed by atoms with E-state index in [0.29, 0.717) is 16.1 Å². The summed E-state index contributed by atoms with van der Waals surface area (Å²) >= 11 is 5.97. The van der Waals surface area contributed by atoms with E-state index in [1.807, 2.05) is 0 Å². The third-order valence-corrected chi connectivity index (χ3v) is 2.89. The van der Waals surface area contributed by atoms with Crippen molar-refractivity contribution in [3.63, 3.8) is 0 Å². The lowest BCUT2D eigenvalue weighted by Crippen LogP contribution is -2.23. The highest BCUT2D eigenvalue weighted by Gasteiger charge is 2.10. The van der Waals surface area contributed by atoms with Crippen LogP contribution in [-0.4, -0.2) is 10.9 Å². The summed E-state index contributed by atoms with van der Waals surface area (Å²) in [7, 11) is 0. The molecule has 1 N–H and O–H groups in total. The molecule has 0 radical (unpaired) electrons. The first kappa shape index (κ1) is 13.5. The Bertz CT molecular complexity index is 616. The highest BCUT2D eigenvalue weighted by atomic mass is 35.5. The smallest absolute Gasteiger partial charge is 0.254 e. The fraction of sp³-hybridized carbons (Fsp3) is 0.143. The Balaban J connectivity index is 2.05. The number of nitrogens with one attached hydrogen (secondary N) is 1. The molecule has 5 heteroatoms. The first-order valence-electron chi connectivity index (χ1n) is 5.71. The monoisotopic (exact) mass is 278 g/mol. The minimum absolute atomic E-state index is 0.237. The first-order valence-corrected chi connectivity index (χ1v) is 6.09. The SMILES string of the molecule is Cc1cc(Cl)c(C(=O)NCc2cccc(F)c2)cn1. The van der Waals surface area contributed by atoms with E-state index in [0.717, 1.165) is 5.69 Å². The van der Waals surface area contributed by atoms with Gasteiger partial charge in [-0.05, 0) is 30.7 Å². The van der Waals surface area contributed by atoms with Gasteiger partial charge in [-0.15, -0.1) is 0 Å². The van der Waals surface area contributed by atoms with Gasteiger partial charge in [0.2, 0.25) is 0 Å². The number of hydrogen-bond donors (Lipinski definition) is 1. The zero-order valence-electron chi connectivity index (χ0n) is 10.3. The molecule has 0 unspecified atom stereocenters. The summed E-state index contributed by atoms with van der Waals surface area (Å²) in [6.07, 6.45) is 1.43. The number of carbonyl (C=O) groups is 1. The Kier molecular flexibility index (Phi) is 4.12. The van der Waals surface area contributed by atoms with Crippen molar-refractivity contribution in [1.29, 1.82) is 0 Å². The zero-order valence-corrected chi connectivity index (χ0v) is 11.0. The topological polar surface area (TPSA) is 42.0 Å². The highest BCUT2D eigenvalue weighted by Crippen LogP contribution is 2.15. The van der Waals surface area contributed by atoms with E-state index in [-0.39, 0.29) is 18.3 Å². The quantitative estimate of drug-likeness (QED) is 0.937. The van der Waals surface area contributed by atoms with Crippen LogP contribution < -0.4 is 5.32 Å². The minimum atomic E-state index is -0.332. The molecule has 2 rings (SSSR count). The number of benzene rings is 1. The predicted molar refractivity (Wildman–Crippen MR) is 71.6 cm³/mol. The molecule has 2 aromatic rings. The summed E-state index contributed by atoms with van der Waals surface area (Å²) in [5.41, 5.74) is 1.74. The van der Waals surface area contributed by atoms with E-state index in [1.54, 1.807) is 25.1 Å². The Hall–Kier alpha value is -1.94. The maximum absolute atomic E-state index is 13.0. The Labute approximate surface area is 115 Å². The van der Waals surface area contributed by atoms with Crippen LogP contribution in [0.3, 0.4) is 0 Å². The molecule has 0 saturated heterocycles. The fourth-order valence-corrected chi connectivity index (χ4v) is 1.91. The number of pyridine rings is 1. The molecule has 0 atom stereocenters. The second-order valence-electron chi connectivity index (χ2n) is 4.12. The molecule has 0 spiro atoms. The molecule has 0 bridgehead atoms. The average Bonchev–Trinajstić information content (AvgIpc) is 2.36. The van der Waals surface area contributed by atoms with Crippen molar-refractivity contribution in [1.82, 2.24) is 10.3 Å². The van der Waals surface area contributed by atoms with Crippen molar-refractivity contribution in [3.8, 4) is 0 Å². The summed E-state index contributed by atoms with van der Waals surface area (Å²) in [6.45, 7) is 2.03. The number of nitrogens with zero attached hydrogens (tertiary/aromatic N) is 1. The van der Waals surface area contributed by atoms with E-state index in [1.165, 1.54) is 18.3 Å². The van der Waals surface area contributed by atoms with Crippen molar-refractivity contribution in [2.75, 3.05) is 0 Å². The number of aryl methyl sites for hydroxylation is 1. The van der Waals surface area contributed by atoms with Crippen LogP contribution in [0.4, 0.5) is 4.39 Å². The van der Waals surface area contributed by atoms with Gasteiger partial charge in [-0.2, -0.15) is 0 Å². The van der Waals surface area contributed by atoms with Crippen LogP contribution in [-0.2, 0) is 6.54 Å². The number of rotatable bonds is 3. The summed E-state index contributed by atoms with van der Waals surface area (Å²) in [4.78, 5) is 15.9. The molecule has 0 aliphatic carbocycles. The molecule has 0 fully saturated rings. The molecule has 1 aromatic heterocycles. The average molecular weight is 279 g/mol. The molecule has 19 heavy (non-hydrogen) atoms. The van der Waals surface area contributed by atoms with Crippen molar-refractivity contribution in [2.45, 2.75) is 13.5 Å². The van der Waals surface area contributed by atoms with Gasteiger partial charge in [0.25, 0.3) is 5.91 Å². The summed E-state index contributed by atoms with van der Waals surface area (Å²) in [5, 5.41) is 3.02. The van der Waals surface area contributed by atoms with Gasteiger partial charge in [0.1, 0.15) is 5.82 Å². The maximum Gasteiger partial charge on any atom is 0.254 e. The van der Waals surface area contributed by atoms with Crippen LogP contribution in [0.5, 0.6) is 0 Å². The van der Waals surface area contributed by atoms with E-state index in [2.05, 4.69) is 10.3 Å². The highest BCUT2D eigenvalue weighted by molar-refractivity contribution is 6.33. The molecular formula is C14H12ClFN2O. The van der Waals surface area contributed by atoms with Crippen LogP contribution in [0.2, 0.25) is 5.02 Å². The predicted octanol–water partition coefficient (Wildman–Crippen LogP) is 3.11. The zero-order chi connectivity index (χ0) is 13.8. The van der Waals surface area contributed by atoms with Gasteiger partial charge in [-0.1, -0.05) is 23.7 Å². The Morgan fingerprint density at radius 1 is 1.42 bits per heavy atom. The Morgan fingerprint density at radius 3 is 2.89 bits per heavy atom. The largest absolute Gasteiger partial charge is 0.348 e. The van der Waals surface area contributed by atoms with Gasteiger partial charge in [0.15, 0.2) is 0 Å². The van der Waals surface area contributed by atoms with E-state index in [9.17, 15) is 9.18 Å². The molecule has 0 saturated carbocycles. The molecule has 1 heterocycles. The summed E-state index contributed by atoms with van der Waals surface area (Å²) < 4.78 is 13.0. The van der Waals surface area contributed by atoms with Gasteiger partial charge in [-0.3, -0.25) is 9.78 Å². The van der Waals surface area contributed by atoms with E-state index >= 15 is 0 Å². The first-order chi connectivity index (χ1) is 9.06. The van der Waals surface area contributed by atoms with Crippen LogP contribution in [0, 0.1) is 12.7 Å². The van der Waals surface area contributed by atoms with Gasteiger partial charge >= 0.3 is 0 Å². The van der Waals surface area contributed by atoms with E-state index < -0.39 is 0 Å². The number of aromatic nitrogens is 1. The van der Waals surface area contributed by atoms with Gasteiger partial charge in [0.05, 0.1) is 10.6 Å². The normalized spacial score (nSPS) is 10.3. The molecule has 0 aliphatic heterocycles. The fourth-order valence-electron chi connectivity index (χ4n) is 1.62. The standard InChI is InChI=1S/C14H12ClFN2O/c1-9-5-13(15)12(8-17-9)14(19)18-7-10-3-2-4-11(16)6-10/h2-6,8H,7H2,1H3,(H,18,19). The van der Waals surface area contributed by atoms with Crippen LogP contribution in [0.1, 0.15) is 21.6 Å². The van der Waals surface area contributed by atoms with Crippen LogP contribution in [0.15, 0.2) is 36.5 Å². The lowest BCUT2D eigenvalue weighted by atomic mass is 10.2. The second-order valence-corrected chi connectivity index (χ2v) is 4.53. The minimum Gasteiger partial charge on any atom is -0.348 e. The molecular weight excluding hydrogens is 267 g/mol. The van der Waals surface area contributed by atoms with Crippen LogP contribution in [0.25, 0.3) is 0 Å². The summed E-state index contributed by atoms with van der Waals surface area (Å²) in [5.74, 6) is -0.663. The Morgan fingerprint density at radius 2 is 2.21 bits per heavy atom. The van der Waals surface area contributed by atoms with Crippen molar-refractivity contribution in [2.24, 2.45) is 0 Å². The lowest BCUT2D eigenvalue weighted by Gasteiger charge is -2.07. The molecule has 1 aromatic carbocycles. The van der Waals surface area contributed by atoms with Crippen molar-refractivity contribution >= 4 is 17.5 Å². The number of hydrogen-bond acceptors (Lipinski definition) is 2. The van der Waals surface area contributed by atoms with Crippen molar-refractivity contribution < 1.29 is 9.18 Å². The lowest BCUT2D eigenvalue weighted by molar-refractivity contribution is 0.0950. The number of halogens is 2. The number of carbonyl (C=O) groups excluding carboxylic acids is 1. The third-order valence-electron chi connectivity index (χ3n) is 2.58. The van der Waals surface area contributed by atoms with Gasteiger partial charge in [-0.25, -0.2) is 4.39 Å². The van der Waals surface area contributed by atoms with E-state index in [4.69, 9.17) is 11.6 Å². The molecule has 3 nitrogen and oxygen atoms in total. The second kappa shape index (κ2) is 5.80. The number of amides is 1. The third kappa shape index (κ3) is 3.51. The van der Waals surface area contributed by atoms with Gasteiger partial charge < -0.3 is 5.32 Å². The molecule has 98 valence electrons. The summed E-state index contributed by atoms with van der Waals surface area (Å²) in [6, 6.07) is 7.68. The van der Waals surface area contributed by atoms with Crippen molar-refractivity contribution in [3.05, 3.63) is 64.2 Å².